The highest BCUT2D eigenvalue weighted by Crippen LogP contribution is 2.34. The number of alkyl halides is 3. The van der Waals surface area contributed by atoms with Crippen LogP contribution < -0.4 is 5.43 Å². The second-order valence-electron chi connectivity index (χ2n) is 7.25. The first kappa shape index (κ1) is 21.3. The summed E-state index contributed by atoms with van der Waals surface area (Å²) in [5.74, 6) is -0.127. The van der Waals surface area contributed by atoms with Gasteiger partial charge in [0, 0.05) is 47.8 Å². The molecule has 1 aromatic carbocycles. The minimum absolute atomic E-state index is 0.0257. The summed E-state index contributed by atoms with van der Waals surface area (Å²) >= 11 is 0. The monoisotopic (exact) mass is 442 g/mol. The van der Waals surface area contributed by atoms with Gasteiger partial charge in [-0.2, -0.15) is 18.3 Å². The van der Waals surface area contributed by atoms with Crippen molar-refractivity contribution < 1.29 is 18.1 Å². The van der Waals surface area contributed by atoms with Crippen molar-refractivity contribution >= 4 is 17.2 Å². The lowest BCUT2D eigenvalue weighted by Crippen LogP contribution is -2.13. The van der Waals surface area contributed by atoms with E-state index in [0.717, 1.165) is 18.9 Å². The van der Waals surface area contributed by atoms with Gasteiger partial charge in [-0.1, -0.05) is 18.2 Å². The van der Waals surface area contributed by atoms with Gasteiger partial charge >= 0.3 is 6.18 Å². The number of benzene rings is 1. The van der Waals surface area contributed by atoms with Crippen molar-refractivity contribution in [2.75, 3.05) is 5.43 Å². The minimum atomic E-state index is -4.67. The molecule has 0 radical (unpaired) electrons. The molecule has 11 heteroatoms. The number of halogens is 3. The van der Waals surface area contributed by atoms with Gasteiger partial charge in [-0.3, -0.25) is 20.5 Å². The summed E-state index contributed by atoms with van der Waals surface area (Å²) in [7, 11) is 0. The maximum atomic E-state index is 13.4. The van der Waals surface area contributed by atoms with Gasteiger partial charge in [0.05, 0.1) is 4.92 Å². The van der Waals surface area contributed by atoms with Crippen molar-refractivity contribution in [2.45, 2.75) is 25.4 Å². The molecule has 0 atom stereocenters. The van der Waals surface area contributed by atoms with Gasteiger partial charge < -0.3 is 0 Å². The Morgan fingerprint density at radius 2 is 1.88 bits per heavy atom. The number of para-hydroxylation sites is 1. The highest BCUT2D eigenvalue weighted by Gasteiger charge is 2.34. The molecular weight excluding hydrogens is 425 g/mol. The van der Waals surface area contributed by atoms with Crippen LogP contribution in [0.2, 0.25) is 0 Å². The second-order valence-corrected chi connectivity index (χ2v) is 7.25. The Bertz CT molecular complexity index is 1160. The van der Waals surface area contributed by atoms with Crippen molar-refractivity contribution in [2.24, 2.45) is 11.0 Å². The molecule has 0 amide bonds. The quantitative estimate of drug-likeness (QED) is 0.317. The summed E-state index contributed by atoms with van der Waals surface area (Å²) in [5, 5.41) is 15.6. The van der Waals surface area contributed by atoms with Crippen LogP contribution in [0.5, 0.6) is 0 Å². The summed E-state index contributed by atoms with van der Waals surface area (Å²) in [6.07, 6.45) is 0.129. The van der Waals surface area contributed by atoms with Crippen LogP contribution >= 0.6 is 0 Å². The third-order valence-electron chi connectivity index (χ3n) is 4.88. The molecule has 0 aliphatic heterocycles. The predicted octanol–water partition coefficient (Wildman–Crippen LogP) is 4.89. The molecule has 0 unspecified atom stereocenters. The van der Waals surface area contributed by atoms with Gasteiger partial charge in [-0.15, -0.1) is 0 Å². The molecule has 0 spiro atoms. The fourth-order valence-corrected chi connectivity index (χ4v) is 3.13. The summed E-state index contributed by atoms with van der Waals surface area (Å²) in [5.41, 5.74) is 2.96. The zero-order chi connectivity index (χ0) is 22.7. The van der Waals surface area contributed by atoms with Crippen LogP contribution in [-0.4, -0.2) is 25.6 Å². The average molecular weight is 442 g/mol. The maximum Gasteiger partial charge on any atom is 0.433 e. The van der Waals surface area contributed by atoms with Crippen LogP contribution in [0.4, 0.5) is 24.7 Å². The number of nitro groups is 1. The third kappa shape index (κ3) is 5.05. The number of nitrogens with zero attached hydrogens (tertiary/aromatic N) is 5. The molecule has 1 aliphatic rings. The van der Waals surface area contributed by atoms with E-state index in [1.54, 1.807) is 18.2 Å². The fourth-order valence-electron chi connectivity index (χ4n) is 3.13. The Labute approximate surface area is 180 Å². The summed E-state index contributed by atoms with van der Waals surface area (Å²) in [6.45, 7) is 0. The first-order chi connectivity index (χ1) is 15.3. The molecular formula is C21H17F3N6O2. The number of hydrogen-bond acceptors (Lipinski definition) is 7. The standard InChI is InChI=1S/C21H17F3N6O2/c22-21(23,24)18-12-19(27-20(26-18)14-7-9-25-10-8-14)29-28-16(13-5-6-13)11-15-3-1-2-4-17(15)30(31)32/h1-4,7-10,12-13H,5-6,11H2,(H,26,27,29)/b28-16-. The van der Waals surface area contributed by atoms with Gasteiger partial charge in [0.15, 0.2) is 17.3 Å². The highest BCUT2D eigenvalue weighted by atomic mass is 19.4. The van der Waals surface area contributed by atoms with Crippen molar-refractivity contribution in [3.63, 3.8) is 0 Å². The predicted molar refractivity (Wildman–Crippen MR) is 111 cm³/mol. The Morgan fingerprint density at radius 1 is 1.16 bits per heavy atom. The van der Waals surface area contributed by atoms with E-state index in [1.807, 2.05) is 0 Å². The smallest absolute Gasteiger partial charge is 0.265 e. The number of rotatable bonds is 7. The molecule has 2 heterocycles. The lowest BCUT2D eigenvalue weighted by molar-refractivity contribution is -0.385. The van der Waals surface area contributed by atoms with E-state index in [2.05, 4.69) is 25.5 Å². The van der Waals surface area contributed by atoms with Crippen molar-refractivity contribution in [1.82, 2.24) is 15.0 Å². The fraction of sp³-hybridized carbons (Fsp3) is 0.238. The third-order valence-corrected chi connectivity index (χ3v) is 4.88. The Hall–Kier alpha value is -3.89. The molecule has 8 nitrogen and oxygen atoms in total. The lowest BCUT2D eigenvalue weighted by atomic mass is 10.0. The van der Waals surface area contributed by atoms with Gasteiger partial charge in [-0.05, 0) is 30.9 Å². The molecule has 2 aromatic heterocycles. The number of hydrogen-bond donors (Lipinski definition) is 1. The molecule has 0 bridgehead atoms. The maximum absolute atomic E-state index is 13.4. The number of anilines is 1. The summed E-state index contributed by atoms with van der Waals surface area (Å²) in [6, 6.07) is 10.1. The molecule has 4 rings (SSSR count). The van der Waals surface area contributed by atoms with Crippen LogP contribution in [0, 0.1) is 16.0 Å². The normalized spacial score (nSPS) is 14.3. The Balaban J connectivity index is 1.65. The van der Waals surface area contributed by atoms with Crippen molar-refractivity contribution in [1.29, 1.82) is 0 Å². The number of nitro benzene ring substituents is 1. The van der Waals surface area contributed by atoms with Gasteiger partial charge in [0.2, 0.25) is 0 Å². The summed E-state index contributed by atoms with van der Waals surface area (Å²) in [4.78, 5) is 22.5. The minimum Gasteiger partial charge on any atom is -0.265 e. The molecule has 32 heavy (non-hydrogen) atoms. The molecule has 1 saturated carbocycles. The van der Waals surface area contributed by atoms with E-state index in [1.165, 1.54) is 30.6 Å². The van der Waals surface area contributed by atoms with E-state index in [4.69, 9.17) is 0 Å². The first-order valence-electron chi connectivity index (χ1n) is 9.72. The van der Waals surface area contributed by atoms with E-state index in [-0.39, 0.29) is 29.7 Å². The molecule has 3 aromatic rings. The highest BCUT2D eigenvalue weighted by molar-refractivity contribution is 5.91. The lowest BCUT2D eigenvalue weighted by Gasteiger charge is -2.11. The topological polar surface area (TPSA) is 106 Å². The van der Waals surface area contributed by atoms with Crippen molar-refractivity contribution in [3.8, 4) is 11.4 Å². The second kappa shape index (κ2) is 8.69. The van der Waals surface area contributed by atoms with E-state index in [0.29, 0.717) is 16.8 Å². The SMILES string of the molecule is O=[N+]([O-])c1ccccc1C/C(=N/Nc1cc(C(F)(F)F)nc(-c2ccncc2)n1)C1CC1. The van der Waals surface area contributed by atoms with E-state index < -0.39 is 16.8 Å². The first-order valence-corrected chi connectivity index (χ1v) is 9.72. The number of aromatic nitrogens is 3. The van der Waals surface area contributed by atoms with Crippen LogP contribution in [0.25, 0.3) is 11.4 Å². The zero-order valence-corrected chi connectivity index (χ0v) is 16.6. The Morgan fingerprint density at radius 3 is 2.53 bits per heavy atom. The van der Waals surface area contributed by atoms with Crippen LogP contribution in [0.15, 0.2) is 60.0 Å². The van der Waals surface area contributed by atoms with Gasteiger partial charge in [0.25, 0.3) is 5.69 Å². The Kier molecular flexibility index (Phi) is 5.80. The van der Waals surface area contributed by atoms with Crippen LogP contribution in [0.1, 0.15) is 24.1 Å². The summed E-state index contributed by atoms with van der Waals surface area (Å²) < 4.78 is 40.1. The average Bonchev–Trinajstić information content (AvgIpc) is 3.62. The number of nitrogens with one attached hydrogen (secondary N) is 1. The largest absolute Gasteiger partial charge is 0.433 e. The molecule has 164 valence electrons. The molecule has 1 fully saturated rings. The van der Waals surface area contributed by atoms with Gasteiger partial charge in [-0.25, -0.2) is 9.97 Å². The van der Waals surface area contributed by atoms with E-state index >= 15 is 0 Å². The molecule has 1 N–H and O–H groups in total. The molecule has 0 saturated heterocycles. The van der Waals surface area contributed by atoms with E-state index in [9.17, 15) is 23.3 Å². The van der Waals surface area contributed by atoms with Crippen LogP contribution in [0.3, 0.4) is 0 Å². The number of pyridine rings is 1. The molecule has 1 aliphatic carbocycles. The van der Waals surface area contributed by atoms with Crippen molar-refractivity contribution in [3.05, 3.63) is 76.2 Å². The zero-order valence-electron chi connectivity index (χ0n) is 16.6. The van der Waals surface area contributed by atoms with Crippen LogP contribution in [-0.2, 0) is 12.6 Å². The number of hydrazone groups is 1. The van der Waals surface area contributed by atoms with Gasteiger partial charge in [0.1, 0.15) is 0 Å².